The highest BCUT2D eigenvalue weighted by molar-refractivity contribution is 9.10. The molecule has 100 valence electrons. The summed E-state index contributed by atoms with van der Waals surface area (Å²) >= 11 is 3.42. The van der Waals surface area contributed by atoms with Gasteiger partial charge in [0.05, 0.1) is 17.3 Å². The molecule has 1 aromatic heterocycles. The van der Waals surface area contributed by atoms with Crippen LogP contribution in [0.2, 0.25) is 0 Å². The summed E-state index contributed by atoms with van der Waals surface area (Å²) in [7, 11) is 0. The van der Waals surface area contributed by atoms with E-state index in [9.17, 15) is 4.79 Å². The van der Waals surface area contributed by atoms with Crippen LogP contribution in [0.4, 0.5) is 0 Å². The molecule has 0 bridgehead atoms. The number of rotatable bonds is 5. The molecule has 3 nitrogen and oxygen atoms in total. The first kappa shape index (κ1) is 13.9. The molecule has 0 saturated carbocycles. The van der Waals surface area contributed by atoms with Crippen LogP contribution in [0, 0.1) is 6.92 Å². The molecule has 19 heavy (non-hydrogen) atoms. The molecule has 0 spiro atoms. The lowest BCUT2D eigenvalue weighted by molar-refractivity contribution is 0.101. The van der Waals surface area contributed by atoms with Crippen LogP contribution in [0.3, 0.4) is 0 Å². The minimum Gasteiger partial charge on any atom is -0.492 e. The van der Waals surface area contributed by atoms with Crippen LogP contribution in [0.15, 0.2) is 39.4 Å². The third-order valence-corrected chi connectivity index (χ3v) is 3.34. The van der Waals surface area contributed by atoms with Crippen molar-refractivity contribution in [1.29, 1.82) is 0 Å². The SMILES string of the molecule is CCCOc1ccc(C(=O)c2occc2C)cc1Br. The minimum atomic E-state index is -0.120. The maximum Gasteiger partial charge on any atom is 0.228 e. The molecule has 0 aliphatic rings. The fourth-order valence-electron chi connectivity index (χ4n) is 1.71. The maximum atomic E-state index is 12.3. The lowest BCUT2D eigenvalue weighted by Crippen LogP contribution is -2.02. The summed E-state index contributed by atoms with van der Waals surface area (Å²) in [5.74, 6) is 1.01. The van der Waals surface area contributed by atoms with E-state index in [0.717, 1.165) is 22.2 Å². The second-order valence-electron chi connectivity index (χ2n) is 4.26. The highest BCUT2D eigenvalue weighted by Gasteiger charge is 2.16. The fourth-order valence-corrected chi connectivity index (χ4v) is 2.20. The number of ether oxygens (including phenoxy) is 1. The second-order valence-corrected chi connectivity index (χ2v) is 5.11. The van der Waals surface area contributed by atoms with Gasteiger partial charge in [0, 0.05) is 5.56 Å². The van der Waals surface area contributed by atoms with Gasteiger partial charge in [0.15, 0.2) is 5.76 Å². The molecule has 0 N–H and O–H groups in total. The van der Waals surface area contributed by atoms with Crippen LogP contribution in [-0.4, -0.2) is 12.4 Å². The molecule has 0 amide bonds. The quantitative estimate of drug-likeness (QED) is 0.767. The van der Waals surface area contributed by atoms with E-state index in [0.29, 0.717) is 17.9 Å². The molecular weight excluding hydrogens is 308 g/mol. The number of aryl methyl sites for hydroxylation is 1. The molecule has 2 rings (SSSR count). The Morgan fingerprint density at radius 2 is 2.16 bits per heavy atom. The van der Waals surface area contributed by atoms with Crippen LogP contribution >= 0.6 is 15.9 Å². The van der Waals surface area contributed by atoms with Crippen molar-refractivity contribution < 1.29 is 13.9 Å². The Morgan fingerprint density at radius 3 is 2.74 bits per heavy atom. The zero-order chi connectivity index (χ0) is 13.8. The monoisotopic (exact) mass is 322 g/mol. The molecule has 0 saturated heterocycles. The summed E-state index contributed by atoms with van der Waals surface area (Å²) in [6, 6.07) is 7.08. The Bertz CT molecular complexity index is 587. The average Bonchev–Trinajstić information content (AvgIpc) is 2.82. The van der Waals surface area contributed by atoms with Crippen LogP contribution in [0.1, 0.15) is 35.0 Å². The summed E-state index contributed by atoms with van der Waals surface area (Å²) in [6.45, 7) is 4.55. The molecule has 0 atom stereocenters. The largest absolute Gasteiger partial charge is 0.492 e. The van der Waals surface area contributed by atoms with Gasteiger partial charge in [-0.25, -0.2) is 0 Å². The van der Waals surface area contributed by atoms with Gasteiger partial charge >= 0.3 is 0 Å². The Balaban J connectivity index is 2.25. The van der Waals surface area contributed by atoms with Crippen molar-refractivity contribution in [3.05, 3.63) is 51.9 Å². The molecule has 2 aromatic rings. The molecule has 0 aliphatic carbocycles. The molecule has 0 unspecified atom stereocenters. The fraction of sp³-hybridized carbons (Fsp3) is 0.267. The average molecular weight is 323 g/mol. The van der Waals surface area contributed by atoms with E-state index in [1.165, 1.54) is 6.26 Å². The van der Waals surface area contributed by atoms with Crippen molar-refractivity contribution in [2.24, 2.45) is 0 Å². The molecule has 0 radical (unpaired) electrons. The summed E-state index contributed by atoms with van der Waals surface area (Å²) in [4.78, 5) is 12.3. The third-order valence-electron chi connectivity index (χ3n) is 2.72. The van der Waals surface area contributed by atoms with Gasteiger partial charge in [-0.2, -0.15) is 0 Å². The predicted molar refractivity (Wildman–Crippen MR) is 76.8 cm³/mol. The van der Waals surface area contributed by atoms with E-state index < -0.39 is 0 Å². The highest BCUT2D eigenvalue weighted by Crippen LogP contribution is 2.27. The Hall–Kier alpha value is -1.55. The van der Waals surface area contributed by atoms with E-state index in [2.05, 4.69) is 15.9 Å². The van der Waals surface area contributed by atoms with Gasteiger partial charge < -0.3 is 9.15 Å². The Morgan fingerprint density at radius 1 is 1.37 bits per heavy atom. The summed E-state index contributed by atoms with van der Waals surface area (Å²) < 4.78 is 11.5. The summed E-state index contributed by atoms with van der Waals surface area (Å²) in [6.07, 6.45) is 2.47. The number of carbonyl (C=O) groups excluding carboxylic acids is 1. The van der Waals surface area contributed by atoms with Crippen molar-refractivity contribution >= 4 is 21.7 Å². The van der Waals surface area contributed by atoms with E-state index in [1.54, 1.807) is 24.3 Å². The Kier molecular flexibility index (Phi) is 4.43. The zero-order valence-corrected chi connectivity index (χ0v) is 12.5. The molecule has 1 heterocycles. The van der Waals surface area contributed by atoms with Crippen molar-refractivity contribution in [1.82, 2.24) is 0 Å². The van der Waals surface area contributed by atoms with Crippen molar-refractivity contribution in [3.8, 4) is 5.75 Å². The van der Waals surface area contributed by atoms with Crippen LogP contribution in [0.5, 0.6) is 5.75 Å². The third kappa shape index (κ3) is 3.07. The number of hydrogen-bond acceptors (Lipinski definition) is 3. The lowest BCUT2D eigenvalue weighted by Gasteiger charge is -2.08. The van der Waals surface area contributed by atoms with Gasteiger partial charge in [-0.3, -0.25) is 4.79 Å². The van der Waals surface area contributed by atoms with Crippen molar-refractivity contribution in [3.63, 3.8) is 0 Å². The first-order chi connectivity index (χ1) is 9.13. The zero-order valence-electron chi connectivity index (χ0n) is 10.9. The van der Waals surface area contributed by atoms with Gasteiger partial charge in [-0.15, -0.1) is 0 Å². The topological polar surface area (TPSA) is 39.4 Å². The van der Waals surface area contributed by atoms with Gasteiger partial charge in [-0.05, 0) is 59.1 Å². The molecule has 0 aliphatic heterocycles. The van der Waals surface area contributed by atoms with Gasteiger partial charge in [0.1, 0.15) is 5.75 Å². The van der Waals surface area contributed by atoms with Gasteiger partial charge in [0.25, 0.3) is 0 Å². The lowest BCUT2D eigenvalue weighted by atomic mass is 10.1. The van der Waals surface area contributed by atoms with Crippen LogP contribution in [0.25, 0.3) is 0 Å². The van der Waals surface area contributed by atoms with E-state index in [1.807, 2.05) is 13.8 Å². The van der Waals surface area contributed by atoms with Crippen molar-refractivity contribution in [2.45, 2.75) is 20.3 Å². The van der Waals surface area contributed by atoms with Gasteiger partial charge in [0.2, 0.25) is 5.78 Å². The first-order valence-electron chi connectivity index (χ1n) is 6.14. The molecule has 1 aromatic carbocycles. The van der Waals surface area contributed by atoms with Gasteiger partial charge in [-0.1, -0.05) is 6.92 Å². The number of halogens is 1. The number of benzene rings is 1. The van der Waals surface area contributed by atoms with Crippen LogP contribution in [-0.2, 0) is 0 Å². The second kappa shape index (κ2) is 6.06. The number of ketones is 1. The number of carbonyl (C=O) groups is 1. The van der Waals surface area contributed by atoms with E-state index in [4.69, 9.17) is 9.15 Å². The van der Waals surface area contributed by atoms with Crippen molar-refractivity contribution in [2.75, 3.05) is 6.61 Å². The minimum absolute atomic E-state index is 0.120. The van der Waals surface area contributed by atoms with E-state index >= 15 is 0 Å². The molecule has 4 heteroatoms. The molecule has 0 fully saturated rings. The summed E-state index contributed by atoms with van der Waals surface area (Å²) in [5, 5.41) is 0. The first-order valence-corrected chi connectivity index (χ1v) is 6.94. The smallest absolute Gasteiger partial charge is 0.228 e. The maximum absolute atomic E-state index is 12.3. The Labute approximate surface area is 120 Å². The highest BCUT2D eigenvalue weighted by atomic mass is 79.9. The van der Waals surface area contributed by atoms with Crippen LogP contribution < -0.4 is 4.74 Å². The summed E-state index contributed by atoms with van der Waals surface area (Å²) in [5.41, 5.74) is 1.42. The number of hydrogen-bond donors (Lipinski definition) is 0. The van der Waals surface area contributed by atoms with E-state index in [-0.39, 0.29) is 5.78 Å². The normalized spacial score (nSPS) is 10.5. The predicted octanol–water partition coefficient (Wildman–Crippen LogP) is 4.37. The molecular formula is C15H15BrO3. The number of furan rings is 1. The standard InChI is InChI=1S/C15H15BrO3/c1-3-7-18-13-5-4-11(9-12(13)16)14(17)15-10(2)6-8-19-15/h4-6,8-9H,3,7H2,1-2H3.